The Bertz CT molecular complexity index is 552. The number of rotatable bonds is 6. The van der Waals surface area contributed by atoms with Crippen molar-refractivity contribution in [1.29, 1.82) is 0 Å². The second kappa shape index (κ2) is 6.87. The van der Waals surface area contributed by atoms with Gasteiger partial charge in [0, 0.05) is 26.2 Å². The van der Waals surface area contributed by atoms with Crippen molar-refractivity contribution in [2.24, 2.45) is 5.92 Å². The largest absolute Gasteiger partial charge is 0.469 e. The van der Waals surface area contributed by atoms with Crippen LogP contribution in [0, 0.1) is 16.0 Å². The van der Waals surface area contributed by atoms with Crippen LogP contribution in [0.3, 0.4) is 0 Å². The molecule has 1 aromatic rings. The molecule has 1 heterocycles. The first-order chi connectivity index (χ1) is 9.81. The van der Waals surface area contributed by atoms with E-state index in [9.17, 15) is 19.7 Å². The topological polar surface area (TPSA) is 94.7 Å². The van der Waals surface area contributed by atoms with Crippen LogP contribution in [0.2, 0.25) is 0 Å². The Morgan fingerprint density at radius 3 is 2.62 bits per heavy atom. The van der Waals surface area contributed by atoms with E-state index >= 15 is 0 Å². The first-order valence-corrected chi connectivity index (χ1v) is 6.49. The summed E-state index contributed by atoms with van der Waals surface area (Å²) in [6.45, 7) is 4.05. The molecule has 0 spiro atoms. The fourth-order valence-electron chi connectivity index (χ4n) is 2.00. The van der Waals surface area contributed by atoms with E-state index in [-0.39, 0.29) is 23.8 Å². The summed E-state index contributed by atoms with van der Waals surface area (Å²) in [5.74, 6) is -1.25. The van der Waals surface area contributed by atoms with Crippen LogP contribution in [0.15, 0.2) is 12.3 Å². The Morgan fingerprint density at radius 2 is 2.14 bits per heavy atom. The lowest BCUT2D eigenvalue weighted by Gasteiger charge is -2.20. The van der Waals surface area contributed by atoms with Crippen LogP contribution in [0.4, 0.5) is 5.69 Å². The Hall–Kier alpha value is -2.38. The maximum Gasteiger partial charge on any atom is 0.310 e. The van der Waals surface area contributed by atoms with E-state index in [0.29, 0.717) is 6.54 Å². The molecule has 0 saturated carbocycles. The second-order valence-corrected chi connectivity index (χ2v) is 4.74. The molecule has 21 heavy (non-hydrogen) atoms. The van der Waals surface area contributed by atoms with Crippen LogP contribution in [-0.2, 0) is 16.1 Å². The fraction of sp³-hybridized carbons (Fsp3) is 0.538. The van der Waals surface area contributed by atoms with Gasteiger partial charge in [-0.25, -0.2) is 0 Å². The zero-order chi connectivity index (χ0) is 16.2. The number of ether oxygens (including phenoxy) is 1. The minimum absolute atomic E-state index is 0.130. The Morgan fingerprint density at radius 1 is 1.52 bits per heavy atom. The van der Waals surface area contributed by atoms with Crippen LogP contribution in [0.25, 0.3) is 0 Å². The highest BCUT2D eigenvalue weighted by molar-refractivity contribution is 5.93. The summed E-state index contributed by atoms with van der Waals surface area (Å²) in [5.41, 5.74) is 0.0957. The number of aromatic nitrogens is 1. The molecule has 1 atom stereocenters. The Labute approximate surface area is 122 Å². The number of methoxy groups -OCH3 is 1. The normalized spacial score (nSPS) is 11.8. The van der Waals surface area contributed by atoms with E-state index in [1.165, 1.54) is 28.8 Å². The lowest BCUT2D eigenvalue weighted by molar-refractivity contribution is -0.384. The molecule has 0 bridgehead atoms. The number of carbonyl (C=O) groups is 2. The average molecular weight is 297 g/mol. The molecular formula is C13H19N3O5. The van der Waals surface area contributed by atoms with Crippen molar-refractivity contribution in [2.75, 3.05) is 20.7 Å². The third-order valence-corrected chi connectivity index (χ3v) is 3.15. The predicted molar refractivity (Wildman–Crippen MR) is 74.9 cm³/mol. The van der Waals surface area contributed by atoms with Crippen LogP contribution < -0.4 is 0 Å². The standard InChI is InChI=1S/C13H19N3O5/c1-5-15-8-10(16(19)20)6-11(15)12(17)14(3)7-9(2)13(18)21-4/h6,8-9H,5,7H2,1-4H3. The molecule has 1 unspecified atom stereocenters. The molecule has 0 aliphatic heterocycles. The lowest BCUT2D eigenvalue weighted by Crippen LogP contribution is -2.35. The van der Waals surface area contributed by atoms with Gasteiger partial charge in [0.15, 0.2) is 0 Å². The number of hydrogen-bond acceptors (Lipinski definition) is 5. The van der Waals surface area contributed by atoms with E-state index < -0.39 is 16.8 Å². The predicted octanol–water partition coefficient (Wildman–Crippen LogP) is 1.30. The van der Waals surface area contributed by atoms with Crippen molar-refractivity contribution in [3.63, 3.8) is 0 Å². The maximum atomic E-state index is 12.3. The van der Waals surface area contributed by atoms with Crippen molar-refractivity contribution in [1.82, 2.24) is 9.47 Å². The first kappa shape index (κ1) is 16.7. The van der Waals surface area contributed by atoms with Gasteiger partial charge in [0.2, 0.25) is 0 Å². The molecule has 8 nitrogen and oxygen atoms in total. The lowest BCUT2D eigenvalue weighted by atomic mass is 10.1. The molecule has 116 valence electrons. The van der Waals surface area contributed by atoms with Crippen molar-refractivity contribution in [2.45, 2.75) is 20.4 Å². The highest BCUT2D eigenvalue weighted by Gasteiger charge is 2.24. The summed E-state index contributed by atoms with van der Waals surface area (Å²) >= 11 is 0. The number of nitro groups is 1. The van der Waals surface area contributed by atoms with Crippen LogP contribution >= 0.6 is 0 Å². The van der Waals surface area contributed by atoms with Crippen molar-refractivity contribution in [3.05, 3.63) is 28.1 Å². The van der Waals surface area contributed by atoms with Crippen LogP contribution in [0.1, 0.15) is 24.3 Å². The van der Waals surface area contributed by atoms with Gasteiger partial charge in [-0.1, -0.05) is 6.92 Å². The molecule has 1 amide bonds. The fourth-order valence-corrected chi connectivity index (χ4v) is 2.00. The molecule has 0 radical (unpaired) electrons. The SMILES string of the molecule is CCn1cc([N+](=O)[O-])cc1C(=O)N(C)CC(C)C(=O)OC. The number of hydrogen-bond donors (Lipinski definition) is 0. The monoisotopic (exact) mass is 297 g/mol. The molecule has 1 rings (SSSR count). The summed E-state index contributed by atoms with van der Waals surface area (Å²) in [5, 5.41) is 10.8. The Balaban J connectivity index is 2.92. The molecule has 8 heteroatoms. The van der Waals surface area contributed by atoms with Gasteiger partial charge < -0.3 is 14.2 Å². The van der Waals surface area contributed by atoms with Gasteiger partial charge in [0.05, 0.1) is 24.1 Å². The second-order valence-electron chi connectivity index (χ2n) is 4.74. The van der Waals surface area contributed by atoms with E-state index in [0.717, 1.165) is 0 Å². The number of carbonyl (C=O) groups excluding carboxylic acids is 2. The molecule has 1 aromatic heterocycles. The van der Waals surface area contributed by atoms with Gasteiger partial charge in [-0.15, -0.1) is 0 Å². The van der Waals surface area contributed by atoms with E-state index in [4.69, 9.17) is 0 Å². The van der Waals surface area contributed by atoms with Crippen molar-refractivity contribution < 1.29 is 19.2 Å². The van der Waals surface area contributed by atoms with Crippen molar-refractivity contribution >= 4 is 17.6 Å². The third-order valence-electron chi connectivity index (χ3n) is 3.15. The summed E-state index contributed by atoms with van der Waals surface area (Å²) < 4.78 is 6.12. The molecular weight excluding hydrogens is 278 g/mol. The zero-order valence-corrected chi connectivity index (χ0v) is 12.5. The number of amides is 1. The summed E-state index contributed by atoms with van der Waals surface area (Å²) in [7, 11) is 2.83. The highest BCUT2D eigenvalue weighted by Crippen LogP contribution is 2.18. The van der Waals surface area contributed by atoms with Gasteiger partial charge in [0.1, 0.15) is 5.69 Å². The van der Waals surface area contributed by atoms with E-state index in [1.54, 1.807) is 20.9 Å². The summed E-state index contributed by atoms with van der Waals surface area (Å²) in [6.07, 6.45) is 1.32. The number of esters is 1. The van der Waals surface area contributed by atoms with Gasteiger partial charge in [-0.2, -0.15) is 0 Å². The number of nitrogens with zero attached hydrogens (tertiary/aromatic N) is 3. The van der Waals surface area contributed by atoms with Crippen molar-refractivity contribution in [3.8, 4) is 0 Å². The van der Waals surface area contributed by atoms with Gasteiger partial charge >= 0.3 is 5.97 Å². The minimum Gasteiger partial charge on any atom is -0.469 e. The quantitative estimate of drug-likeness (QED) is 0.448. The minimum atomic E-state index is -0.542. The summed E-state index contributed by atoms with van der Waals surface area (Å²) in [4.78, 5) is 35.3. The van der Waals surface area contributed by atoms with Gasteiger partial charge in [-0.3, -0.25) is 19.7 Å². The molecule has 0 aromatic carbocycles. The van der Waals surface area contributed by atoms with Crippen LogP contribution in [0.5, 0.6) is 0 Å². The molecule has 0 fully saturated rings. The van der Waals surface area contributed by atoms with E-state index in [2.05, 4.69) is 4.74 Å². The van der Waals surface area contributed by atoms with Crippen LogP contribution in [-0.4, -0.2) is 47.0 Å². The molecule has 0 aliphatic carbocycles. The highest BCUT2D eigenvalue weighted by atomic mass is 16.6. The van der Waals surface area contributed by atoms with E-state index in [1.807, 2.05) is 0 Å². The molecule has 0 aliphatic rings. The number of aryl methyl sites for hydroxylation is 1. The maximum absolute atomic E-state index is 12.3. The first-order valence-electron chi connectivity index (χ1n) is 6.49. The third kappa shape index (κ3) is 3.80. The zero-order valence-electron chi connectivity index (χ0n) is 12.5. The smallest absolute Gasteiger partial charge is 0.310 e. The Kier molecular flexibility index (Phi) is 5.45. The molecule has 0 saturated heterocycles. The average Bonchev–Trinajstić information content (AvgIpc) is 2.89. The van der Waals surface area contributed by atoms with Gasteiger partial charge in [0.25, 0.3) is 11.6 Å². The molecule has 0 N–H and O–H groups in total. The van der Waals surface area contributed by atoms with Gasteiger partial charge in [-0.05, 0) is 6.92 Å². The summed E-state index contributed by atoms with van der Waals surface area (Å²) in [6, 6.07) is 1.24.